The van der Waals surface area contributed by atoms with Gasteiger partial charge < -0.3 is 9.88 Å². The summed E-state index contributed by atoms with van der Waals surface area (Å²) in [4.78, 5) is 3.45. The minimum atomic E-state index is -4.33. The first-order valence-corrected chi connectivity index (χ1v) is 4.45. The average Bonchev–Trinajstić information content (AvgIpc) is 2.74. The Morgan fingerprint density at radius 2 is 2.29 bits per heavy atom. The summed E-state index contributed by atoms with van der Waals surface area (Å²) in [5.74, 6) is -0.749. The van der Waals surface area contributed by atoms with Gasteiger partial charge in [0, 0.05) is 12.6 Å². The van der Waals surface area contributed by atoms with E-state index >= 15 is 0 Å². The summed E-state index contributed by atoms with van der Waals surface area (Å²) in [6.45, 7) is 0.622. The molecule has 2 aliphatic rings. The highest BCUT2D eigenvalue weighted by molar-refractivity contribution is 5.22. The number of rotatable bonds is 0. The zero-order chi connectivity index (χ0) is 9.92. The molecule has 3 nitrogen and oxygen atoms in total. The van der Waals surface area contributed by atoms with Crippen molar-refractivity contribution >= 4 is 0 Å². The summed E-state index contributed by atoms with van der Waals surface area (Å²) >= 11 is 0. The van der Waals surface area contributed by atoms with Crippen LogP contribution in [0.3, 0.4) is 0 Å². The molecule has 1 saturated heterocycles. The fourth-order valence-corrected chi connectivity index (χ4v) is 2.36. The van der Waals surface area contributed by atoms with Gasteiger partial charge in [0.15, 0.2) is 0 Å². The second-order valence-electron chi connectivity index (χ2n) is 3.72. The Kier molecular flexibility index (Phi) is 1.36. The van der Waals surface area contributed by atoms with E-state index in [1.54, 1.807) is 0 Å². The van der Waals surface area contributed by atoms with Crippen LogP contribution in [-0.2, 0) is 6.18 Å². The lowest BCUT2D eigenvalue weighted by Crippen LogP contribution is -2.26. The Morgan fingerprint density at radius 1 is 1.50 bits per heavy atom. The predicted molar refractivity (Wildman–Crippen MR) is 41.6 cm³/mol. The number of hydrogen-bond donors (Lipinski definition) is 1. The van der Waals surface area contributed by atoms with Crippen LogP contribution in [0, 0.1) is 0 Å². The van der Waals surface area contributed by atoms with E-state index < -0.39 is 12.0 Å². The number of fused-ring (bicyclic) bond motifs is 5. The second-order valence-corrected chi connectivity index (χ2v) is 3.72. The van der Waals surface area contributed by atoms with Crippen LogP contribution in [0.4, 0.5) is 13.2 Å². The minimum absolute atomic E-state index is 0.0610. The van der Waals surface area contributed by atoms with Crippen molar-refractivity contribution in [3.05, 3.63) is 17.7 Å². The van der Waals surface area contributed by atoms with Crippen molar-refractivity contribution in [1.82, 2.24) is 14.9 Å². The van der Waals surface area contributed by atoms with Gasteiger partial charge >= 0.3 is 6.18 Å². The zero-order valence-corrected chi connectivity index (χ0v) is 7.17. The Labute approximate surface area is 77.9 Å². The van der Waals surface area contributed by atoms with Crippen molar-refractivity contribution in [2.24, 2.45) is 0 Å². The third-order valence-electron chi connectivity index (χ3n) is 2.91. The molecule has 1 aromatic rings. The molecule has 0 spiro atoms. The van der Waals surface area contributed by atoms with E-state index in [9.17, 15) is 13.2 Å². The average molecular weight is 203 g/mol. The van der Waals surface area contributed by atoms with E-state index in [4.69, 9.17) is 0 Å². The lowest BCUT2D eigenvalue weighted by atomic mass is 10.2. The summed E-state index contributed by atoms with van der Waals surface area (Å²) in [7, 11) is 0. The quantitative estimate of drug-likeness (QED) is 0.692. The molecule has 2 unspecified atom stereocenters. The van der Waals surface area contributed by atoms with Crippen LogP contribution in [0.5, 0.6) is 0 Å². The van der Waals surface area contributed by atoms with Crippen LogP contribution in [0.25, 0.3) is 0 Å². The van der Waals surface area contributed by atoms with Crippen LogP contribution < -0.4 is 5.32 Å². The van der Waals surface area contributed by atoms with E-state index in [0.717, 1.165) is 6.42 Å². The predicted octanol–water partition coefficient (Wildman–Crippen LogP) is 1.49. The topological polar surface area (TPSA) is 29.9 Å². The SMILES string of the molecule is FC(F)(F)c1ncc2n1C1CNC2C1. The van der Waals surface area contributed by atoms with Gasteiger partial charge in [0.2, 0.25) is 5.82 Å². The molecule has 0 radical (unpaired) electrons. The molecule has 14 heavy (non-hydrogen) atoms. The van der Waals surface area contributed by atoms with Crippen molar-refractivity contribution in [1.29, 1.82) is 0 Å². The number of hydrogen-bond acceptors (Lipinski definition) is 2. The van der Waals surface area contributed by atoms with Crippen LogP contribution in [-0.4, -0.2) is 16.1 Å². The highest BCUT2D eigenvalue weighted by Gasteiger charge is 2.45. The third kappa shape index (κ3) is 0.890. The number of aromatic nitrogens is 2. The van der Waals surface area contributed by atoms with Crippen LogP contribution in [0.2, 0.25) is 0 Å². The standard InChI is InChI=1S/C8H8F3N3/c9-8(10,11)7-13-3-6-5-1-4(2-12-5)14(6)7/h3-5,12H,1-2H2. The summed E-state index contributed by atoms with van der Waals surface area (Å²) in [5, 5.41) is 3.15. The third-order valence-corrected chi connectivity index (χ3v) is 2.91. The van der Waals surface area contributed by atoms with E-state index in [-0.39, 0.29) is 12.1 Å². The van der Waals surface area contributed by atoms with Gasteiger partial charge in [0.1, 0.15) is 0 Å². The number of halogens is 3. The van der Waals surface area contributed by atoms with Gasteiger partial charge in [-0.15, -0.1) is 0 Å². The number of imidazole rings is 1. The number of alkyl halides is 3. The molecule has 2 aliphatic heterocycles. The molecule has 1 fully saturated rings. The second kappa shape index (κ2) is 2.31. The van der Waals surface area contributed by atoms with E-state index in [0.29, 0.717) is 12.2 Å². The molecule has 3 heterocycles. The number of nitrogens with one attached hydrogen (secondary N) is 1. The smallest absolute Gasteiger partial charge is 0.319 e. The molecular weight excluding hydrogens is 195 g/mol. The van der Waals surface area contributed by atoms with Gasteiger partial charge in [-0.3, -0.25) is 0 Å². The largest absolute Gasteiger partial charge is 0.449 e. The van der Waals surface area contributed by atoms with Crippen molar-refractivity contribution < 1.29 is 13.2 Å². The van der Waals surface area contributed by atoms with Gasteiger partial charge in [0.05, 0.1) is 17.9 Å². The molecule has 0 amide bonds. The lowest BCUT2D eigenvalue weighted by Gasteiger charge is -2.18. The maximum Gasteiger partial charge on any atom is 0.449 e. The summed E-state index contributed by atoms with van der Waals surface area (Å²) in [6.07, 6.45) is -2.23. The Hall–Kier alpha value is -1.04. The van der Waals surface area contributed by atoms with Gasteiger partial charge in [-0.05, 0) is 6.42 Å². The Bertz CT molecular complexity index is 382. The molecule has 0 aliphatic carbocycles. The van der Waals surface area contributed by atoms with Crippen molar-refractivity contribution in [2.75, 3.05) is 6.54 Å². The highest BCUT2D eigenvalue weighted by atomic mass is 19.4. The van der Waals surface area contributed by atoms with Crippen molar-refractivity contribution in [3.8, 4) is 0 Å². The van der Waals surface area contributed by atoms with Crippen LogP contribution >= 0.6 is 0 Å². The molecular formula is C8H8F3N3. The molecule has 6 heteroatoms. The molecule has 1 N–H and O–H groups in total. The first-order chi connectivity index (χ1) is 6.57. The molecule has 0 aromatic carbocycles. The highest BCUT2D eigenvalue weighted by Crippen LogP contribution is 2.43. The van der Waals surface area contributed by atoms with Gasteiger partial charge in [-0.1, -0.05) is 0 Å². The Balaban J connectivity index is 2.15. The van der Waals surface area contributed by atoms with Crippen LogP contribution in [0.1, 0.15) is 30.0 Å². The minimum Gasteiger partial charge on any atom is -0.319 e. The molecule has 2 atom stereocenters. The first kappa shape index (κ1) is 8.28. The van der Waals surface area contributed by atoms with Gasteiger partial charge in [-0.25, -0.2) is 4.98 Å². The molecule has 0 saturated carbocycles. The maximum absolute atomic E-state index is 12.5. The summed E-state index contributed by atoms with van der Waals surface area (Å²) in [5.41, 5.74) is 0.675. The Morgan fingerprint density at radius 3 is 3.00 bits per heavy atom. The molecule has 2 bridgehead atoms. The van der Waals surface area contributed by atoms with Crippen molar-refractivity contribution in [2.45, 2.75) is 24.7 Å². The van der Waals surface area contributed by atoms with E-state index in [2.05, 4.69) is 10.3 Å². The number of nitrogens with zero attached hydrogens (tertiary/aromatic N) is 2. The molecule has 3 rings (SSSR count). The fourth-order valence-electron chi connectivity index (χ4n) is 2.36. The van der Waals surface area contributed by atoms with Gasteiger partial charge in [0.25, 0.3) is 0 Å². The van der Waals surface area contributed by atoms with Gasteiger partial charge in [-0.2, -0.15) is 13.2 Å². The normalized spacial score (nSPS) is 29.6. The van der Waals surface area contributed by atoms with E-state index in [1.165, 1.54) is 10.8 Å². The summed E-state index contributed by atoms with van der Waals surface area (Å²) < 4.78 is 38.8. The molecule has 76 valence electrons. The van der Waals surface area contributed by atoms with Crippen molar-refractivity contribution in [3.63, 3.8) is 0 Å². The summed E-state index contributed by atoms with van der Waals surface area (Å²) in [6, 6.07) is 0.0118. The zero-order valence-electron chi connectivity index (χ0n) is 7.17. The molecule has 1 aromatic heterocycles. The fraction of sp³-hybridized carbons (Fsp3) is 0.625. The van der Waals surface area contributed by atoms with Crippen LogP contribution in [0.15, 0.2) is 6.20 Å². The lowest BCUT2D eigenvalue weighted by molar-refractivity contribution is -0.147. The maximum atomic E-state index is 12.5. The first-order valence-electron chi connectivity index (χ1n) is 4.45. The van der Waals surface area contributed by atoms with E-state index in [1.807, 2.05) is 0 Å². The monoisotopic (exact) mass is 203 g/mol.